The number of aryl methyl sites for hydroxylation is 2. The highest BCUT2D eigenvalue weighted by Gasteiger charge is 2.13. The van der Waals surface area contributed by atoms with Gasteiger partial charge in [-0.15, -0.1) is 0 Å². The fraction of sp³-hybridized carbons (Fsp3) is 0.333. The first-order valence-corrected chi connectivity index (χ1v) is 3.77. The summed E-state index contributed by atoms with van der Waals surface area (Å²) in [7, 11) is 0. The first kappa shape index (κ1) is 6.65. The molecule has 0 saturated carbocycles. The zero-order chi connectivity index (χ0) is 7.84. The fourth-order valence-electron chi connectivity index (χ4n) is 1.58. The van der Waals surface area contributed by atoms with Crippen LogP contribution in [0.25, 0.3) is 0 Å². The molecule has 1 nitrogen and oxygen atoms in total. The first-order chi connectivity index (χ1) is 5.27. The van der Waals surface area contributed by atoms with Crippen molar-refractivity contribution in [3.8, 4) is 5.75 Å². The summed E-state index contributed by atoms with van der Waals surface area (Å²) in [6.45, 7) is 0. The van der Waals surface area contributed by atoms with Gasteiger partial charge in [-0.25, -0.2) is 4.39 Å². The van der Waals surface area contributed by atoms with Crippen LogP contribution in [-0.2, 0) is 12.8 Å². The third kappa shape index (κ3) is 0.985. The predicted molar refractivity (Wildman–Crippen MR) is 40.1 cm³/mol. The predicted octanol–water partition coefficient (Wildman–Crippen LogP) is 2.02. The van der Waals surface area contributed by atoms with Gasteiger partial charge in [0.25, 0.3) is 0 Å². The van der Waals surface area contributed by atoms with Crippen LogP contribution >= 0.6 is 0 Å². The molecule has 11 heavy (non-hydrogen) atoms. The van der Waals surface area contributed by atoms with E-state index in [1.807, 2.05) is 0 Å². The molecule has 0 bridgehead atoms. The lowest BCUT2D eigenvalue weighted by atomic mass is 10.1. The van der Waals surface area contributed by atoms with Crippen molar-refractivity contribution >= 4 is 0 Å². The van der Waals surface area contributed by atoms with Gasteiger partial charge < -0.3 is 5.11 Å². The molecule has 58 valence electrons. The Morgan fingerprint density at radius 1 is 1.18 bits per heavy atom. The Labute approximate surface area is 64.5 Å². The molecular formula is C9H9FO. The van der Waals surface area contributed by atoms with Crippen LogP contribution in [0.2, 0.25) is 0 Å². The Morgan fingerprint density at radius 2 is 1.82 bits per heavy atom. The average Bonchev–Trinajstić information content (AvgIpc) is 2.36. The number of phenols is 1. The van der Waals surface area contributed by atoms with Crippen LogP contribution in [-0.4, -0.2) is 5.11 Å². The maximum atomic E-state index is 12.7. The Bertz CT molecular complexity index is 265. The van der Waals surface area contributed by atoms with Crippen LogP contribution in [0.1, 0.15) is 17.5 Å². The third-order valence-electron chi connectivity index (χ3n) is 2.16. The maximum absolute atomic E-state index is 12.7. The minimum absolute atomic E-state index is 0.217. The lowest BCUT2D eigenvalue weighted by Gasteiger charge is -2.00. The lowest BCUT2D eigenvalue weighted by Crippen LogP contribution is -1.84. The van der Waals surface area contributed by atoms with E-state index in [-0.39, 0.29) is 5.75 Å². The summed E-state index contributed by atoms with van der Waals surface area (Å²) in [6, 6.07) is 2.98. The van der Waals surface area contributed by atoms with E-state index in [2.05, 4.69) is 0 Å². The number of fused-ring (bicyclic) bond motifs is 1. The van der Waals surface area contributed by atoms with Crippen LogP contribution < -0.4 is 0 Å². The van der Waals surface area contributed by atoms with E-state index in [4.69, 9.17) is 5.11 Å². The van der Waals surface area contributed by atoms with E-state index >= 15 is 0 Å². The Kier molecular flexibility index (Phi) is 1.34. The second-order valence-corrected chi connectivity index (χ2v) is 2.93. The second-order valence-electron chi connectivity index (χ2n) is 2.93. The Balaban J connectivity index is 2.57. The molecule has 0 amide bonds. The SMILES string of the molecule is Oc1cc2c(cc1F)CCC2. The van der Waals surface area contributed by atoms with E-state index in [1.54, 1.807) is 0 Å². The molecule has 1 aliphatic carbocycles. The molecule has 2 rings (SSSR count). The molecule has 0 aliphatic heterocycles. The molecule has 1 aromatic rings. The zero-order valence-electron chi connectivity index (χ0n) is 6.10. The first-order valence-electron chi connectivity index (χ1n) is 3.77. The van der Waals surface area contributed by atoms with Crippen molar-refractivity contribution in [1.29, 1.82) is 0 Å². The van der Waals surface area contributed by atoms with Gasteiger partial charge in [-0.1, -0.05) is 0 Å². The van der Waals surface area contributed by atoms with Crippen LogP contribution in [0.3, 0.4) is 0 Å². The van der Waals surface area contributed by atoms with E-state index < -0.39 is 5.82 Å². The molecule has 0 saturated heterocycles. The number of phenolic OH excluding ortho intramolecular Hbond substituents is 1. The molecule has 1 N–H and O–H groups in total. The van der Waals surface area contributed by atoms with Crippen LogP contribution in [0, 0.1) is 5.82 Å². The minimum Gasteiger partial charge on any atom is -0.505 e. The molecule has 0 aromatic heterocycles. The monoisotopic (exact) mass is 152 g/mol. The smallest absolute Gasteiger partial charge is 0.165 e. The number of hydrogen-bond acceptors (Lipinski definition) is 1. The minimum atomic E-state index is -0.495. The highest BCUT2D eigenvalue weighted by atomic mass is 19.1. The molecular weight excluding hydrogens is 143 g/mol. The van der Waals surface area contributed by atoms with Crippen molar-refractivity contribution in [3.05, 3.63) is 29.1 Å². The summed E-state index contributed by atoms with van der Waals surface area (Å²) in [6.07, 6.45) is 3.01. The number of rotatable bonds is 0. The lowest BCUT2D eigenvalue weighted by molar-refractivity contribution is 0.431. The Morgan fingerprint density at radius 3 is 2.55 bits per heavy atom. The highest BCUT2D eigenvalue weighted by molar-refractivity contribution is 5.38. The van der Waals surface area contributed by atoms with Gasteiger partial charge in [0.1, 0.15) is 0 Å². The number of benzene rings is 1. The largest absolute Gasteiger partial charge is 0.505 e. The van der Waals surface area contributed by atoms with Gasteiger partial charge in [-0.3, -0.25) is 0 Å². The fourth-order valence-corrected chi connectivity index (χ4v) is 1.58. The summed E-state index contributed by atoms with van der Waals surface area (Å²) in [5.74, 6) is -0.712. The van der Waals surface area contributed by atoms with E-state index in [9.17, 15) is 4.39 Å². The standard InChI is InChI=1S/C9H9FO/c10-8-4-6-2-1-3-7(6)5-9(8)11/h4-5,11H,1-3H2. The van der Waals surface area contributed by atoms with Gasteiger partial charge in [0.2, 0.25) is 0 Å². The van der Waals surface area contributed by atoms with Gasteiger partial charge in [-0.05, 0) is 42.5 Å². The van der Waals surface area contributed by atoms with Gasteiger partial charge in [0, 0.05) is 0 Å². The van der Waals surface area contributed by atoms with E-state index in [0.717, 1.165) is 30.4 Å². The Hall–Kier alpha value is -1.05. The van der Waals surface area contributed by atoms with Crippen molar-refractivity contribution in [1.82, 2.24) is 0 Å². The van der Waals surface area contributed by atoms with E-state index in [1.165, 1.54) is 12.1 Å². The molecule has 0 spiro atoms. The van der Waals surface area contributed by atoms with Crippen molar-refractivity contribution in [2.45, 2.75) is 19.3 Å². The summed E-state index contributed by atoms with van der Waals surface area (Å²) >= 11 is 0. The summed E-state index contributed by atoms with van der Waals surface area (Å²) in [5, 5.41) is 9.01. The molecule has 0 heterocycles. The maximum Gasteiger partial charge on any atom is 0.165 e. The average molecular weight is 152 g/mol. The van der Waals surface area contributed by atoms with Crippen molar-refractivity contribution < 1.29 is 9.50 Å². The molecule has 0 fully saturated rings. The quantitative estimate of drug-likeness (QED) is 0.603. The summed E-state index contributed by atoms with van der Waals surface area (Å²) < 4.78 is 12.7. The van der Waals surface area contributed by atoms with Gasteiger partial charge >= 0.3 is 0 Å². The molecule has 0 unspecified atom stereocenters. The van der Waals surface area contributed by atoms with Crippen LogP contribution in [0.4, 0.5) is 4.39 Å². The molecule has 1 aliphatic rings. The highest BCUT2D eigenvalue weighted by Crippen LogP contribution is 2.27. The third-order valence-corrected chi connectivity index (χ3v) is 2.16. The van der Waals surface area contributed by atoms with Crippen molar-refractivity contribution in [2.24, 2.45) is 0 Å². The molecule has 1 aromatic carbocycles. The van der Waals surface area contributed by atoms with Crippen LogP contribution in [0.15, 0.2) is 12.1 Å². The molecule has 2 heteroatoms. The zero-order valence-corrected chi connectivity index (χ0v) is 6.10. The van der Waals surface area contributed by atoms with Crippen LogP contribution in [0.5, 0.6) is 5.75 Å². The van der Waals surface area contributed by atoms with E-state index in [0.29, 0.717) is 0 Å². The second kappa shape index (κ2) is 2.22. The van der Waals surface area contributed by atoms with Gasteiger partial charge in [-0.2, -0.15) is 0 Å². The molecule has 0 radical (unpaired) electrons. The van der Waals surface area contributed by atoms with Gasteiger partial charge in [0.05, 0.1) is 0 Å². The summed E-state index contributed by atoms with van der Waals surface area (Å²) in [5.41, 5.74) is 2.16. The number of halogens is 1. The number of hydrogen-bond donors (Lipinski definition) is 1. The number of aromatic hydroxyl groups is 1. The normalized spacial score (nSPS) is 15.0. The summed E-state index contributed by atoms with van der Waals surface area (Å²) in [4.78, 5) is 0. The van der Waals surface area contributed by atoms with Crippen molar-refractivity contribution in [3.63, 3.8) is 0 Å². The van der Waals surface area contributed by atoms with Gasteiger partial charge in [0.15, 0.2) is 11.6 Å². The molecule has 0 atom stereocenters. The topological polar surface area (TPSA) is 20.2 Å². The van der Waals surface area contributed by atoms with Crippen molar-refractivity contribution in [2.75, 3.05) is 0 Å².